The van der Waals surface area contributed by atoms with E-state index in [1.165, 1.54) is 0 Å². The molecule has 0 atom stereocenters. The van der Waals surface area contributed by atoms with Crippen LogP contribution < -0.4 is 14.8 Å². The summed E-state index contributed by atoms with van der Waals surface area (Å²) in [5.74, 6) is 1.57. The quantitative estimate of drug-likeness (QED) is 0.702. The molecule has 0 aliphatic carbocycles. The average molecular weight is 415 g/mol. The predicted octanol–water partition coefficient (Wildman–Crippen LogP) is 4.00. The first-order valence-electron chi connectivity index (χ1n) is 7.90. The third-order valence-corrected chi connectivity index (χ3v) is 4.67. The zero-order valence-electron chi connectivity index (χ0n) is 14.1. The van der Waals surface area contributed by atoms with Crippen LogP contribution in [0.3, 0.4) is 0 Å². The normalized spacial score (nSPS) is 13.7. The minimum absolute atomic E-state index is 0.00457. The van der Waals surface area contributed by atoms with Gasteiger partial charge < -0.3 is 19.2 Å². The topological polar surface area (TPSA) is 73.1 Å². The fourth-order valence-corrected chi connectivity index (χ4v) is 3.33. The first-order chi connectivity index (χ1) is 12.6. The number of carbonyl (C=O) groups excluding carboxylic acids is 1. The number of fused-ring (bicyclic) bond motifs is 3. The summed E-state index contributed by atoms with van der Waals surface area (Å²) in [6.45, 7) is -0.00457. The molecule has 7 heteroatoms. The number of amides is 1. The number of furan rings is 1. The number of rotatable bonds is 3. The Bertz CT molecular complexity index is 1060. The first-order valence-corrected chi connectivity index (χ1v) is 8.69. The van der Waals surface area contributed by atoms with Gasteiger partial charge in [0.15, 0.2) is 5.76 Å². The maximum atomic E-state index is 12.2. The highest BCUT2D eigenvalue weighted by Crippen LogP contribution is 2.37. The van der Waals surface area contributed by atoms with E-state index in [0.717, 1.165) is 9.86 Å². The largest absolute Gasteiger partial charge is 0.497 e. The van der Waals surface area contributed by atoms with Crippen molar-refractivity contribution in [2.45, 2.75) is 0 Å². The summed E-state index contributed by atoms with van der Waals surface area (Å²) in [5.41, 5.74) is 2.51. The van der Waals surface area contributed by atoms with Crippen molar-refractivity contribution >= 4 is 44.2 Å². The Morgan fingerprint density at radius 2 is 2.00 bits per heavy atom. The molecule has 0 bridgehead atoms. The number of hydrogen-bond donors (Lipinski definition) is 1. The van der Waals surface area contributed by atoms with Crippen molar-refractivity contribution in [3.63, 3.8) is 0 Å². The SMILES string of the molecule is COc1ccc(OC)c(C2=NCC(=O)Nc3c2oc2ccc(Br)cc32)c1. The molecule has 1 N–H and O–H groups in total. The van der Waals surface area contributed by atoms with Crippen molar-refractivity contribution in [2.75, 3.05) is 26.1 Å². The molecule has 0 unspecified atom stereocenters. The third kappa shape index (κ3) is 2.74. The molecule has 0 saturated heterocycles. The molecule has 1 aromatic heterocycles. The van der Waals surface area contributed by atoms with Crippen LogP contribution in [0.5, 0.6) is 11.5 Å². The molecule has 6 nitrogen and oxygen atoms in total. The van der Waals surface area contributed by atoms with Gasteiger partial charge in [0, 0.05) is 15.4 Å². The van der Waals surface area contributed by atoms with Gasteiger partial charge >= 0.3 is 0 Å². The van der Waals surface area contributed by atoms with Gasteiger partial charge in [0.25, 0.3) is 0 Å². The number of hydrogen-bond acceptors (Lipinski definition) is 5. The van der Waals surface area contributed by atoms with Gasteiger partial charge in [-0.1, -0.05) is 15.9 Å². The van der Waals surface area contributed by atoms with Crippen LogP contribution in [0.2, 0.25) is 0 Å². The van der Waals surface area contributed by atoms with E-state index >= 15 is 0 Å². The maximum absolute atomic E-state index is 12.2. The zero-order valence-corrected chi connectivity index (χ0v) is 15.7. The smallest absolute Gasteiger partial charge is 0.246 e. The van der Waals surface area contributed by atoms with E-state index in [1.807, 2.05) is 24.3 Å². The highest BCUT2D eigenvalue weighted by Gasteiger charge is 2.27. The fraction of sp³-hybridized carbons (Fsp3) is 0.158. The Kier molecular flexibility index (Phi) is 4.16. The summed E-state index contributed by atoms with van der Waals surface area (Å²) in [4.78, 5) is 16.7. The number of ether oxygens (including phenoxy) is 2. The van der Waals surface area contributed by atoms with Crippen molar-refractivity contribution in [1.82, 2.24) is 0 Å². The molecular weight excluding hydrogens is 400 g/mol. The summed E-state index contributed by atoms with van der Waals surface area (Å²) in [6.07, 6.45) is 0. The summed E-state index contributed by atoms with van der Waals surface area (Å²) >= 11 is 3.46. The van der Waals surface area contributed by atoms with Crippen LogP contribution in [-0.2, 0) is 4.79 Å². The lowest BCUT2D eigenvalue weighted by molar-refractivity contribution is -0.114. The standard InChI is InChI=1S/C19H15BrN2O4/c1-24-11-4-6-14(25-2)13(8-11)17-19-18(22-16(23)9-21-17)12-7-10(20)3-5-15(12)26-19/h3-8H,9H2,1-2H3,(H,22,23). The zero-order chi connectivity index (χ0) is 18.3. The molecular formula is C19H15BrN2O4. The van der Waals surface area contributed by atoms with Gasteiger partial charge in [-0.15, -0.1) is 0 Å². The molecule has 0 fully saturated rings. The van der Waals surface area contributed by atoms with Gasteiger partial charge in [-0.25, -0.2) is 0 Å². The molecule has 132 valence electrons. The lowest BCUT2D eigenvalue weighted by Gasteiger charge is -2.11. The highest BCUT2D eigenvalue weighted by molar-refractivity contribution is 9.10. The summed E-state index contributed by atoms with van der Waals surface area (Å²) in [5, 5.41) is 3.70. The molecule has 4 rings (SSSR count). The van der Waals surface area contributed by atoms with E-state index in [-0.39, 0.29) is 12.5 Å². The average Bonchev–Trinajstić information content (AvgIpc) is 2.90. The van der Waals surface area contributed by atoms with E-state index in [0.29, 0.717) is 39.8 Å². The molecule has 0 spiro atoms. The summed E-state index contributed by atoms with van der Waals surface area (Å²) in [6, 6.07) is 11.1. The lowest BCUT2D eigenvalue weighted by Crippen LogP contribution is -2.13. The number of methoxy groups -OCH3 is 2. The molecule has 26 heavy (non-hydrogen) atoms. The summed E-state index contributed by atoms with van der Waals surface area (Å²) in [7, 11) is 3.18. The van der Waals surface area contributed by atoms with Crippen molar-refractivity contribution in [1.29, 1.82) is 0 Å². The Balaban J connectivity index is 1.99. The third-order valence-electron chi connectivity index (χ3n) is 4.17. The van der Waals surface area contributed by atoms with Crippen LogP contribution in [0.1, 0.15) is 11.3 Å². The van der Waals surface area contributed by atoms with Crippen LogP contribution in [-0.4, -0.2) is 32.4 Å². The van der Waals surface area contributed by atoms with Crippen LogP contribution in [0.25, 0.3) is 11.0 Å². The molecule has 2 aromatic carbocycles. The number of carbonyl (C=O) groups is 1. The number of halogens is 1. The molecule has 2 heterocycles. The van der Waals surface area contributed by atoms with Gasteiger partial charge in [0.05, 0.1) is 19.9 Å². The Morgan fingerprint density at radius 1 is 1.15 bits per heavy atom. The molecule has 3 aromatic rings. The van der Waals surface area contributed by atoms with E-state index < -0.39 is 0 Å². The second kappa shape index (κ2) is 6.49. The summed E-state index contributed by atoms with van der Waals surface area (Å²) < 4.78 is 17.8. The van der Waals surface area contributed by atoms with Gasteiger partial charge in [0.1, 0.15) is 29.3 Å². The second-order valence-corrected chi connectivity index (χ2v) is 6.64. The van der Waals surface area contributed by atoms with Gasteiger partial charge in [-0.05, 0) is 36.4 Å². The van der Waals surface area contributed by atoms with Crippen LogP contribution >= 0.6 is 15.9 Å². The first kappa shape index (κ1) is 16.7. The van der Waals surface area contributed by atoms with Crippen LogP contribution in [0.15, 0.2) is 50.3 Å². The minimum atomic E-state index is -0.203. The van der Waals surface area contributed by atoms with Gasteiger partial charge in [-0.3, -0.25) is 9.79 Å². The Labute approximate surface area is 157 Å². The Morgan fingerprint density at radius 3 is 2.77 bits per heavy atom. The fourth-order valence-electron chi connectivity index (χ4n) is 2.97. The number of nitrogens with one attached hydrogen (secondary N) is 1. The van der Waals surface area contributed by atoms with E-state index in [2.05, 4.69) is 26.2 Å². The number of anilines is 1. The Hall–Kier alpha value is -2.80. The number of nitrogens with zero attached hydrogens (tertiary/aromatic N) is 1. The molecule has 1 amide bonds. The molecule has 0 radical (unpaired) electrons. The van der Waals surface area contributed by atoms with Crippen molar-refractivity contribution in [2.24, 2.45) is 4.99 Å². The molecule has 1 aliphatic heterocycles. The lowest BCUT2D eigenvalue weighted by atomic mass is 10.0. The van der Waals surface area contributed by atoms with Gasteiger partial charge in [0.2, 0.25) is 5.91 Å². The molecule has 1 aliphatic rings. The maximum Gasteiger partial charge on any atom is 0.246 e. The van der Waals surface area contributed by atoms with Crippen molar-refractivity contribution in [3.05, 3.63) is 52.2 Å². The van der Waals surface area contributed by atoms with Crippen molar-refractivity contribution < 1.29 is 18.7 Å². The predicted molar refractivity (Wildman–Crippen MR) is 103 cm³/mol. The van der Waals surface area contributed by atoms with Crippen LogP contribution in [0.4, 0.5) is 5.69 Å². The number of aliphatic imine (C=N–C) groups is 1. The van der Waals surface area contributed by atoms with Crippen LogP contribution in [0, 0.1) is 0 Å². The minimum Gasteiger partial charge on any atom is -0.497 e. The van der Waals surface area contributed by atoms with Gasteiger partial charge in [-0.2, -0.15) is 0 Å². The van der Waals surface area contributed by atoms with E-state index in [9.17, 15) is 4.79 Å². The van der Waals surface area contributed by atoms with E-state index in [4.69, 9.17) is 13.9 Å². The second-order valence-electron chi connectivity index (χ2n) is 5.73. The number of benzene rings is 2. The van der Waals surface area contributed by atoms with E-state index in [1.54, 1.807) is 26.4 Å². The highest BCUT2D eigenvalue weighted by atomic mass is 79.9. The monoisotopic (exact) mass is 414 g/mol. The van der Waals surface area contributed by atoms with Crippen molar-refractivity contribution in [3.8, 4) is 11.5 Å². The molecule has 0 saturated carbocycles.